The fourth-order valence-electron chi connectivity index (χ4n) is 2.07. The monoisotopic (exact) mass is 258 g/mol. The van der Waals surface area contributed by atoms with Gasteiger partial charge in [0.25, 0.3) is 0 Å². The van der Waals surface area contributed by atoms with Gasteiger partial charge in [-0.25, -0.2) is 13.1 Å². The molecule has 0 radical (unpaired) electrons. The van der Waals surface area contributed by atoms with Crippen molar-refractivity contribution < 1.29 is 8.42 Å². The molecule has 1 saturated carbocycles. The number of nitrogens with zero attached hydrogens (tertiary/aromatic N) is 2. The molecule has 0 saturated heterocycles. The van der Waals surface area contributed by atoms with Crippen molar-refractivity contribution in [3.63, 3.8) is 0 Å². The molecule has 0 amide bonds. The molecule has 3 N–H and O–H groups in total. The van der Waals surface area contributed by atoms with Gasteiger partial charge in [-0.1, -0.05) is 0 Å². The number of nitrogens with two attached hydrogens (primary N) is 1. The second-order valence-electron chi connectivity index (χ2n) is 4.42. The van der Waals surface area contributed by atoms with Crippen molar-refractivity contribution in [2.75, 3.05) is 0 Å². The largest absolute Gasteiger partial charge is 0.328 e. The third-order valence-corrected chi connectivity index (χ3v) is 4.51. The Morgan fingerprint density at radius 2 is 2.35 bits per heavy atom. The Morgan fingerprint density at radius 3 is 2.88 bits per heavy atom. The fourth-order valence-corrected chi connectivity index (χ4v) is 3.30. The molecule has 1 heterocycles. The highest BCUT2D eigenvalue weighted by molar-refractivity contribution is 7.89. The van der Waals surface area contributed by atoms with E-state index in [1.54, 1.807) is 4.68 Å². The maximum atomic E-state index is 12.0. The summed E-state index contributed by atoms with van der Waals surface area (Å²) < 4.78 is 28.3. The maximum absolute atomic E-state index is 12.0. The lowest BCUT2D eigenvalue weighted by Gasteiger charge is -2.11. The van der Waals surface area contributed by atoms with Crippen LogP contribution in [0.25, 0.3) is 0 Å². The zero-order valence-corrected chi connectivity index (χ0v) is 10.7. The lowest BCUT2D eigenvalue weighted by Crippen LogP contribution is -2.33. The van der Waals surface area contributed by atoms with E-state index in [0.717, 1.165) is 12.8 Å². The smallest absolute Gasteiger partial charge is 0.243 e. The number of sulfonamides is 1. The Hall–Kier alpha value is -0.920. The van der Waals surface area contributed by atoms with Crippen LogP contribution in [-0.4, -0.2) is 30.3 Å². The Bertz CT molecular complexity index is 482. The Balaban J connectivity index is 2.08. The molecule has 0 unspecified atom stereocenters. The standard InChI is InChI=1S/C10H18N4O2S/c1-2-14-7-10(6-12-14)17(15,16)13-9-4-3-8(11)5-9/h6-9,13H,2-5,11H2,1H3/t8-,9-/m1/s1. The van der Waals surface area contributed by atoms with Gasteiger partial charge >= 0.3 is 0 Å². The average molecular weight is 258 g/mol. The first-order valence-corrected chi connectivity index (χ1v) is 7.30. The van der Waals surface area contributed by atoms with Crippen LogP contribution in [0.15, 0.2) is 17.3 Å². The van der Waals surface area contributed by atoms with Gasteiger partial charge < -0.3 is 5.73 Å². The van der Waals surface area contributed by atoms with Crippen molar-refractivity contribution in [2.24, 2.45) is 5.73 Å². The van der Waals surface area contributed by atoms with Crippen LogP contribution in [0.4, 0.5) is 0 Å². The van der Waals surface area contributed by atoms with Gasteiger partial charge in [0.05, 0.1) is 6.20 Å². The molecule has 0 spiro atoms. The lowest BCUT2D eigenvalue weighted by atomic mass is 10.2. The van der Waals surface area contributed by atoms with Gasteiger partial charge in [0, 0.05) is 24.8 Å². The summed E-state index contributed by atoms with van der Waals surface area (Å²) in [7, 11) is -3.45. The molecular weight excluding hydrogens is 240 g/mol. The van der Waals surface area contributed by atoms with Gasteiger partial charge in [-0.2, -0.15) is 5.10 Å². The first-order chi connectivity index (χ1) is 8.01. The van der Waals surface area contributed by atoms with E-state index in [2.05, 4.69) is 9.82 Å². The van der Waals surface area contributed by atoms with Crippen molar-refractivity contribution in [1.82, 2.24) is 14.5 Å². The first-order valence-electron chi connectivity index (χ1n) is 5.81. The fraction of sp³-hybridized carbons (Fsp3) is 0.700. The Kier molecular flexibility index (Phi) is 3.50. The van der Waals surface area contributed by atoms with Gasteiger partial charge in [-0.3, -0.25) is 4.68 Å². The third kappa shape index (κ3) is 2.85. The molecule has 7 heteroatoms. The van der Waals surface area contributed by atoms with Gasteiger partial charge in [0.15, 0.2) is 0 Å². The lowest BCUT2D eigenvalue weighted by molar-refractivity contribution is 0.548. The molecule has 1 aromatic heterocycles. The molecule has 0 aromatic carbocycles. The van der Waals surface area contributed by atoms with Crippen molar-refractivity contribution >= 4 is 10.0 Å². The number of hydrogen-bond donors (Lipinski definition) is 2. The molecular formula is C10H18N4O2S. The highest BCUT2D eigenvalue weighted by Crippen LogP contribution is 2.19. The van der Waals surface area contributed by atoms with Crippen LogP contribution in [0.3, 0.4) is 0 Å². The molecule has 2 atom stereocenters. The maximum Gasteiger partial charge on any atom is 0.243 e. The zero-order valence-electron chi connectivity index (χ0n) is 9.83. The summed E-state index contributed by atoms with van der Waals surface area (Å²) in [4.78, 5) is 0.222. The second kappa shape index (κ2) is 4.75. The SMILES string of the molecule is CCn1cc(S(=O)(=O)N[C@@H]2CC[C@@H](N)C2)cn1. The summed E-state index contributed by atoms with van der Waals surface area (Å²) in [6.07, 6.45) is 5.31. The van der Waals surface area contributed by atoms with Gasteiger partial charge in [0.1, 0.15) is 4.90 Å². The van der Waals surface area contributed by atoms with Gasteiger partial charge in [0.2, 0.25) is 10.0 Å². The summed E-state index contributed by atoms with van der Waals surface area (Å²) in [5.41, 5.74) is 5.76. The molecule has 1 aromatic rings. The quantitative estimate of drug-likeness (QED) is 0.799. The first kappa shape index (κ1) is 12.5. The molecule has 0 bridgehead atoms. The molecule has 1 aliphatic rings. The van der Waals surface area contributed by atoms with Gasteiger partial charge in [-0.15, -0.1) is 0 Å². The molecule has 6 nitrogen and oxygen atoms in total. The minimum Gasteiger partial charge on any atom is -0.328 e. The van der Waals surface area contributed by atoms with E-state index >= 15 is 0 Å². The van der Waals surface area contributed by atoms with Crippen LogP contribution in [0.2, 0.25) is 0 Å². The van der Waals surface area contributed by atoms with E-state index in [-0.39, 0.29) is 17.0 Å². The minimum atomic E-state index is -3.45. The van der Waals surface area contributed by atoms with Crippen molar-refractivity contribution in [1.29, 1.82) is 0 Å². The van der Waals surface area contributed by atoms with E-state index in [1.807, 2.05) is 6.92 Å². The predicted molar refractivity (Wildman–Crippen MR) is 63.8 cm³/mol. The van der Waals surface area contributed by atoms with E-state index < -0.39 is 10.0 Å². The molecule has 1 fully saturated rings. The molecule has 0 aliphatic heterocycles. The number of aromatic nitrogens is 2. The van der Waals surface area contributed by atoms with Crippen LogP contribution in [0.1, 0.15) is 26.2 Å². The molecule has 17 heavy (non-hydrogen) atoms. The van der Waals surface area contributed by atoms with Crippen LogP contribution in [0.5, 0.6) is 0 Å². The molecule has 96 valence electrons. The van der Waals surface area contributed by atoms with E-state index in [1.165, 1.54) is 12.4 Å². The Morgan fingerprint density at radius 1 is 1.59 bits per heavy atom. The predicted octanol–water partition coefficient (Wildman–Crippen LogP) is 0.0611. The van der Waals surface area contributed by atoms with Crippen molar-refractivity contribution in [2.45, 2.75) is 49.7 Å². The highest BCUT2D eigenvalue weighted by Gasteiger charge is 2.27. The van der Waals surface area contributed by atoms with Crippen LogP contribution in [-0.2, 0) is 16.6 Å². The van der Waals surface area contributed by atoms with Crippen LogP contribution < -0.4 is 10.5 Å². The van der Waals surface area contributed by atoms with E-state index in [4.69, 9.17) is 5.73 Å². The van der Waals surface area contributed by atoms with E-state index in [9.17, 15) is 8.42 Å². The number of hydrogen-bond acceptors (Lipinski definition) is 4. The average Bonchev–Trinajstić information content (AvgIpc) is 2.86. The van der Waals surface area contributed by atoms with Crippen molar-refractivity contribution in [3.05, 3.63) is 12.4 Å². The number of rotatable bonds is 4. The summed E-state index contributed by atoms with van der Waals surface area (Å²) in [5, 5.41) is 3.96. The van der Waals surface area contributed by atoms with Gasteiger partial charge in [-0.05, 0) is 26.2 Å². The summed E-state index contributed by atoms with van der Waals surface area (Å²) in [6.45, 7) is 2.57. The Labute approximate surface area is 101 Å². The second-order valence-corrected chi connectivity index (χ2v) is 6.14. The third-order valence-electron chi connectivity index (χ3n) is 3.04. The topological polar surface area (TPSA) is 90.0 Å². The summed E-state index contributed by atoms with van der Waals surface area (Å²) in [5.74, 6) is 0. The number of nitrogens with one attached hydrogen (secondary N) is 1. The highest BCUT2D eigenvalue weighted by atomic mass is 32.2. The molecule has 2 rings (SSSR count). The minimum absolute atomic E-state index is 0.0417. The summed E-state index contributed by atoms with van der Waals surface area (Å²) >= 11 is 0. The zero-order chi connectivity index (χ0) is 12.5. The summed E-state index contributed by atoms with van der Waals surface area (Å²) in [6, 6.07) is 0.0704. The normalized spacial score (nSPS) is 25.3. The van der Waals surface area contributed by atoms with Crippen LogP contribution in [0, 0.1) is 0 Å². The van der Waals surface area contributed by atoms with E-state index in [0.29, 0.717) is 13.0 Å². The molecule has 1 aliphatic carbocycles. The van der Waals surface area contributed by atoms with Crippen molar-refractivity contribution in [3.8, 4) is 0 Å². The van der Waals surface area contributed by atoms with Crippen LogP contribution >= 0.6 is 0 Å². The number of aryl methyl sites for hydroxylation is 1.